The van der Waals surface area contributed by atoms with E-state index < -0.39 is 0 Å². The van der Waals surface area contributed by atoms with E-state index in [1.807, 2.05) is 19.1 Å². The molecule has 0 unspecified atom stereocenters. The highest BCUT2D eigenvalue weighted by Gasteiger charge is 2.22. The zero-order valence-corrected chi connectivity index (χ0v) is 9.49. The molecule has 2 N–H and O–H groups in total. The molecule has 0 bridgehead atoms. The van der Waals surface area contributed by atoms with E-state index in [9.17, 15) is 0 Å². The molecule has 1 aromatic carbocycles. The number of aryl methyl sites for hydroxylation is 1. The molecule has 78 valence electrons. The van der Waals surface area contributed by atoms with Crippen LogP contribution in [0.4, 0.5) is 0 Å². The van der Waals surface area contributed by atoms with E-state index >= 15 is 0 Å². The number of hydrogen-bond acceptors (Lipinski definition) is 2. The van der Waals surface area contributed by atoms with Crippen LogP contribution in [0.2, 0.25) is 5.02 Å². The molecule has 4 heteroatoms. The van der Waals surface area contributed by atoms with Crippen LogP contribution >= 0.6 is 24.0 Å². The molecule has 0 amide bonds. The molecule has 0 spiro atoms. The third-order valence-corrected chi connectivity index (χ3v) is 2.72. The fourth-order valence-electron chi connectivity index (χ4n) is 1.65. The standard InChI is InChI=1S/C10H12ClNO.ClH/c1-6-2-3-7(11)9-8(12)4-5-13-10(6)9;/h2-3,8H,4-5,12H2,1H3;1H/t8-;/m0./s1. The van der Waals surface area contributed by atoms with E-state index in [1.54, 1.807) is 0 Å². The van der Waals surface area contributed by atoms with Crippen LogP contribution < -0.4 is 10.5 Å². The summed E-state index contributed by atoms with van der Waals surface area (Å²) in [5.41, 5.74) is 8.02. The zero-order valence-electron chi connectivity index (χ0n) is 7.92. The quantitative estimate of drug-likeness (QED) is 0.749. The van der Waals surface area contributed by atoms with E-state index in [2.05, 4.69) is 0 Å². The van der Waals surface area contributed by atoms with Gasteiger partial charge >= 0.3 is 0 Å². The van der Waals surface area contributed by atoms with Gasteiger partial charge in [0.15, 0.2) is 0 Å². The Morgan fingerprint density at radius 3 is 2.86 bits per heavy atom. The van der Waals surface area contributed by atoms with Gasteiger partial charge in [0.2, 0.25) is 0 Å². The number of benzene rings is 1. The molecule has 2 nitrogen and oxygen atoms in total. The van der Waals surface area contributed by atoms with Crippen LogP contribution in [0.25, 0.3) is 0 Å². The fraction of sp³-hybridized carbons (Fsp3) is 0.400. The molecule has 0 saturated heterocycles. The third kappa shape index (κ3) is 1.83. The van der Waals surface area contributed by atoms with Gasteiger partial charge in [-0.1, -0.05) is 17.7 Å². The van der Waals surface area contributed by atoms with Gasteiger partial charge in [-0.05, 0) is 18.6 Å². The summed E-state index contributed by atoms with van der Waals surface area (Å²) in [5, 5.41) is 0.716. The van der Waals surface area contributed by atoms with Gasteiger partial charge in [-0.25, -0.2) is 0 Å². The first-order valence-corrected chi connectivity index (χ1v) is 4.75. The molecule has 1 atom stereocenters. The van der Waals surface area contributed by atoms with Gasteiger partial charge in [0.05, 0.1) is 6.61 Å². The Balaban J connectivity index is 0.000000980. The lowest BCUT2D eigenvalue weighted by Gasteiger charge is -2.25. The third-order valence-electron chi connectivity index (χ3n) is 2.39. The molecule has 2 rings (SSSR count). The van der Waals surface area contributed by atoms with Crippen LogP contribution in [0.3, 0.4) is 0 Å². The summed E-state index contributed by atoms with van der Waals surface area (Å²) < 4.78 is 5.54. The Bertz CT molecular complexity index is 341. The fourth-order valence-corrected chi connectivity index (χ4v) is 1.94. The predicted molar refractivity (Wildman–Crippen MR) is 60.5 cm³/mol. The number of nitrogens with two attached hydrogens (primary N) is 1. The van der Waals surface area contributed by atoms with Crippen molar-refractivity contribution in [1.82, 2.24) is 0 Å². The first-order chi connectivity index (χ1) is 6.20. The summed E-state index contributed by atoms with van der Waals surface area (Å²) in [4.78, 5) is 0. The topological polar surface area (TPSA) is 35.2 Å². The molecule has 1 aliphatic rings. The van der Waals surface area contributed by atoms with Crippen LogP contribution in [0.5, 0.6) is 5.75 Å². The summed E-state index contributed by atoms with van der Waals surface area (Å²) >= 11 is 6.05. The van der Waals surface area contributed by atoms with Crippen LogP contribution in [0, 0.1) is 6.92 Å². The van der Waals surface area contributed by atoms with Crippen molar-refractivity contribution in [2.75, 3.05) is 6.61 Å². The molecular formula is C10H13Cl2NO. The van der Waals surface area contributed by atoms with E-state index in [4.69, 9.17) is 22.1 Å². The summed E-state index contributed by atoms with van der Waals surface area (Å²) in [5.74, 6) is 0.881. The minimum atomic E-state index is 0. The lowest BCUT2D eigenvalue weighted by Crippen LogP contribution is -2.21. The average molecular weight is 234 g/mol. The van der Waals surface area contributed by atoms with E-state index in [1.165, 1.54) is 0 Å². The SMILES string of the molecule is Cc1ccc(Cl)c2c1OCC[C@@H]2N.Cl. The summed E-state index contributed by atoms with van der Waals surface area (Å²) in [6.07, 6.45) is 0.843. The zero-order chi connectivity index (χ0) is 9.42. The van der Waals surface area contributed by atoms with Gasteiger partial charge in [-0.15, -0.1) is 12.4 Å². The minimum absolute atomic E-state index is 0. The van der Waals surface area contributed by atoms with Gasteiger partial charge in [-0.3, -0.25) is 0 Å². The Hall–Kier alpha value is -0.440. The molecule has 0 aromatic heterocycles. The molecule has 0 fully saturated rings. The molecule has 0 radical (unpaired) electrons. The summed E-state index contributed by atoms with van der Waals surface area (Å²) in [6.45, 7) is 2.70. The molecule has 1 aliphatic heterocycles. The normalized spacial score (nSPS) is 19.2. The molecule has 1 aromatic rings. The van der Waals surface area contributed by atoms with E-state index in [-0.39, 0.29) is 18.4 Å². The first kappa shape index (κ1) is 11.6. The summed E-state index contributed by atoms with van der Waals surface area (Å²) in [6, 6.07) is 3.86. The Morgan fingerprint density at radius 1 is 1.50 bits per heavy atom. The first-order valence-electron chi connectivity index (χ1n) is 4.37. The van der Waals surface area contributed by atoms with Gasteiger partial charge in [-0.2, -0.15) is 0 Å². The Labute approximate surface area is 94.8 Å². The highest BCUT2D eigenvalue weighted by Crippen LogP contribution is 2.38. The molecule has 0 aliphatic carbocycles. The second-order valence-electron chi connectivity index (χ2n) is 3.35. The lowest BCUT2D eigenvalue weighted by molar-refractivity contribution is 0.267. The van der Waals surface area contributed by atoms with Gasteiger partial charge < -0.3 is 10.5 Å². The highest BCUT2D eigenvalue weighted by molar-refractivity contribution is 6.31. The van der Waals surface area contributed by atoms with Crippen molar-refractivity contribution in [3.8, 4) is 5.75 Å². The lowest BCUT2D eigenvalue weighted by atomic mass is 9.99. The maximum absolute atomic E-state index is 6.05. The Kier molecular flexibility index (Phi) is 3.65. The molecule has 14 heavy (non-hydrogen) atoms. The maximum atomic E-state index is 6.05. The molecule has 0 saturated carbocycles. The van der Waals surface area contributed by atoms with Crippen LogP contribution in [-0.4, -0.2) is 6.61 Å². The number of ether oxygens (including phenoxy) is 1. The van der Waals surface area contributed by atoms with Crippen LogP contribution in [0.1, 0.15) is 23.6 Å². The van der Waals surface area contributed by atoms with Crippen molar-refractivity contribution in [3.63, 3.8) is 0 Å². The van der Waals surface area contributed by atoms with Crippen molar-refractivity contribution in [2.24, 2.45) is 5.73 Å². The molecule has 1 heterocycles. The average Bonchev–Trinajstić information content (AvgIpc) is 2.12. The van der Waals surface area contributed by atoms with Gasteiger partial charge in [0, 0.05) is 23.0 Å². The van der Waals surface area contributed by atoms with E-state index in [0.29, 0.717) is 11.6 Å². The van der Waals surface area contributed by atoms with Crippen LogP contribution in [0.15, 0.2) is 12.1 Å². The number of halogens is 2. The largest absolute Gasteiger partial charge is 0.493 e. The van der Waals surface area contributed by atoms with E-state index in [0.717, 1.165) is 23.3 Å². The smallest absolute Gasteiger partial charge is 0.128 e. The van der Waals surface area contributed by atoms with Gasteiger partial charge in [0.1, 0.15) is 5.75 Å². The van der Waals surface area contributed by atoms with Crippen molar-refractivity contribution >= 4 is 24.0 Å². The van der Waals surface area contributed by atoms with Crippen molar-refractivity contribution in [2.45, 2.75) is 19.4 Å². The van der Waals surface area contributed by atoms with Crippen LogP contribution in [-0.2, 0) is 0 Å². The summed E-state index contributed by atoms with van der Waals surface area (Å²) in [7, 11) is 0. The number of hydrogen-bond donors (Lipinski definition) is 1. The second kappa shape index (κ2) is 4.39. The number of rotatable bonds is 0. The van der Waals surface area contributed by atoms with Crippen molar-refractivity contribution < 1.29 is 4.74 Å². The minimum Gasteiger partial charge on any atom is -0.493 e. The monoisotopic (exact) mass is 233 g/mol. The Morgan fingerprint density at radius 2 is 2.21 bits per heavy atom. The van der Waals surface area contributed by atoms with Gasteiger partial charge in [0.25, 0.3) is 0 Å². The molecular weight excluding hydrogens is 221 g/mol. The highest BCUT2D eigenvalue weighted by atomic mass is 35.5. The van der Waals surface area contributed by atoms with Crippen molar-refractivity contribution in [3.05, 3.63) is 28.3 Å². The van der Waals surface area contributed by atoms with Crippen molar-refractivity contribution in [1.29, 1.82) is 0 Å². The maximum Gasteiger partial charge on any atom is 0.128 e. The number of fused-ring (bicyclic) bond motifs is 1. The second-order valence-corrected chi connectivity index (χ2v) is 3.76. The predicted octanol–water partition coefficient (Wildman–Crippen LogP) is 2.85.